The molecule has 0 unspecified atom stereocenters. The summed E-state index contributed by atoms with van der Waals surface area (Å²) in [6.45, 7) is -30.5. The van der Waals surface area contributed by atoms with Crippen LogP contribution in [-0.2, 0) is 27.1 Å². The Morgan fingerprint density at radius 3 is 1.61 bits per heavy atom. The highest BCUT2D eigenvalue weighted by atomic mass is 28.3. The predicted molar refractivity (Wildman–Crippen MR) is 386 cm³/mol. The average Bonchev–Trinajstić information content (AvgIpc) is 0.672. The van der Waals surface area contributed by atoms with E-state index < -0.39 is 196 Å². The van der Waals surface area contributed by atoms with Gasteiger partial charge in [-0.25, -0.2) is 4.98 Å². The van der Waals surface area contributed by atoms with Gasteiger partial charge in [0.1, 0.15) is 17.3 Å². The summed E-state index contributed by atoms with van der Waals surface area (Å²) < 4.78 is 373. The summed E-state index contributed by atoms with van der Waals surface area (Å²) in [6.07, 6.45) is -14.4. The lowest BCUT2D eigenvalue weighted by Gasteiger charge is -2.42. The molecule has 2 aliphatic rings. The average molecular weight is 1250 g/mol. The van der Waals surface area contributed by atoms with E-state index in [1.165, 1.54) is 4.57 Å². The van der Waals surface area contributed by atoms with Gasteiger partial charge in [0.15, 0.2) is 8.07 Å². The molecule has 0 aliphatic heterocycles. The summed E-state index contributed by atoms with van der Waals surface area (Å²) in [6, 6.07) is 48.2. The summed E-state index contributed by atoms with van der Waals surface area (Å²) in [7, 11) is -3.98. The van der Waals surface area contributed by atoms with Crippen molar-refractivity contribution >= 4 is 61.7 Å². The van der Waals surface area contributed by atoms with Gasteiger partial charge in [0.2, 0.25) is 0 Å². The zero-order valence-electron chi connectivity index (χ0n) is 87.9. The van der Waals surface area contributed by atoms with E-state index in [0.717, 1.165) is 44.6 Å². The quantitative estimate of drug-likeness (QED) is 0.0560. The molecule has 15 rings (SSSR count). The molecule has 6 heteroatoms. The van der Waals surface area contributed by atoms with Crippen LogP contribution in [0.25, 0.3) is 72.3 Å². The summed E-state index contributed by atoms with van der Waals surface area (Å²) >= 11 is 0. The van der Waals surface area contributed by atoms with E-state index >= 15 is 0 Å². The van der Waals surface area contributed by atoms with Crippen LogP contribution >= 0.6 is 0 Å². The third kappa shape index (κ3) is 9.87. The fraction of sp³-hybridized carbons (Fsp3) is 0.233. The monoisotopic (exact) mass is 1250 g/mol. The Balaban J connectivity index is 1.17. The number of rotatable bonds is 11. The highest BCUT2D eigenvalue weighted by Crippen LogP contribution is 2.50. The minimum atomic E-state index is -4.90. The molecule has 0 radical (unpaired) electrons. The van der Waals surface area contributed by atoms with Crippen LogP contribution in [0.4, 0.5) is 0 Å². The Bertz CT molecular complexity index is 6390. The molecule has 0 spiro atoms. The van der Waals surface area contributed by atoms with Gasteiger partial charge in [-0.05, 0) is 172 Å². The van der Waals surface area contributed by atoms with Crippen LogP contribution in [0.5, 0.6) is 11.5 Å². The van der Waals surface area contributed by atoms with Crippen molar-refractivity contribution in [2.45, 2.75) is 128 Å². The maximum atomic E-state index is 10.8. The molecular weight excluding hydrogens is 1130 g/mol. The van der Waals surface area contributed by atoms with Gasteiger partial charge < -0.3 is 4.74 Å². The first-order valence-electron chi connectivity index (χ1n) is 48.7. The molecule has 0 bridgehead atoms. The van der Waals surface area contributed by atoms with E-state index in [0.29, 0.717) is 32.1 Å². The minimum absolute atomic E-state index is 0.0288. The Morgan fingerprint density at radius 1 is 0.500 bits per heavy atom. The first-order valence-corrected chi connectivity index (χ1v) is 31.7. The molecule has 0 atom stereocenters. The van der Waals surface area contributed by atoms with Gasteiger partial charge >= 0.3 is 0 Å². The zero-order chi connectivity index (χ0) is 95.9. The van der Waals surface area contributed by atoms with Crippen LogP contribution in [0.1, 0.15) is 181 Å². The summed E-state index contributed by atoms with van der Waals surface area (Å²) in [5.74, 6) is 0.977. The third-order valence-electron chi connectivity index (χ3n) is 17.3. The van der Waals surface area contributed by atoms with Crippen molar-refractivity contribution in [1.82, 2.24) is 14.1 Å². The number of hydrogen-bond donors (Lipinski definition) is 0. The van der Waals surface area contributed by atoms with Crippen LogP contribution in [-0.4, -0.2) is 22.2 Å². The lowest BCUT2D eigenvalue weighted by Crippen LogP contribution is -2.74. The van der Waals surface area contributed by atoms with Crippen LogP contribution < -0.4 is 30.1 Å². The molecule has 3 aromatic heterocycles. The standard InChI is InChI=1S/C86H82N4OSi/c1-82(2,3)60-45-50-87-80(53-60)90-76-36-22-21-33-70(76)71-41-39-63(55-78(71)90)91-62-26-23-25-61(54-62)88-57-89(79-56-67(40-44-77(79)88)92(64-27-15-12-16-28-64,65-29-17-13-18-30-65)66-31-19-14-20-32-66)81-68(58-37-42-72-74(51-58)85(8,9)48-46-83(72,4)5)34-24-35-69(81)59-38-43-73-75(52-59)86(10,11)49-47-84(73,6)7/h12-45,50-56H,46-49H2,1-11H3/i4D3,5D3,6D3,7D3,8D3,9D3,10D3,11D3,37D,38D,42D,43D,46D2,47D2,48D2,49D2,51D,52D. The molecule has 456 valence electrons. The lowest BCUT2D eigenvalue weighted by atomic mass is 9.62. The number of para-hydroxylation sites is 2. The topological polar surface area (TPSA) is 35.9 Å². The molecular formula is C86H82N4OSi. The lowest BCUT2D eigenvalue weighted by molar-refractivity contribution is -0.571. The molecule has 2 aliphatic carbocycles. The molecule has 0 saturated heterocycles. The maximum absolute atomic E-state index is 10.8. The van der Waals surface area contributed by atoms with Crippen molar-refractivity contribution in [3.8, 4) is 50.9 Å². The van der Waals surface area contributed by atoms with Crippen LogP contribution in [0.3, 0.4) is 0 Å². The molecule has 0 amide bonds. The van der Waals surface area contributed by atoms with Crippen LogP contribution in [0, 0.1) is 6.33 Å². The number of aromatic nitrogens is 4. The number of imidazole rings is 1. The number of hydrogen-bond acceptors (Lipinski definition) is 2. The minimum Gasteiger partial charge on any atom is -0.458 e. The normalized spacial score (nSPS) is 25.1. The molecule has 10 aromatic carbocycles. The van der Waals surface area contributed by atoms with Gasteiger partial charge in [-0.15, -0.1) is 0 Å². The van der Waals surface area contributed by atoms with Gasteiger partial charge in [-0.1, -0.05) is 264 Å². The van der Waals surface area contributed by atoms with Crippen molar-refractivity contribution in [3.63, 3.8) is 0 Å². The van der Waals surface area contributed by atoms with E-state index in [1.54, 1.807) is 109 Å². The van der Waals surface area contributed by atoms with E-state index in [-0.39, 0.29) is 33.6 Å². The maximum Gasteiger partial charge on any atom is 0.269 e. The second kappa shape index (κ2) is 21.9. The third-order valence-corrected chi connectivity index (χ3v) is 22.1. The molecule has 92 heavy (non-hydrogen) atoms. The summed E-state index contributed by atoms with van der Waals surface area (Å²) in [4.78, 5) is 4.83. The summed E-state index contributed by atoms with van der Waals surface area (Å²) in [5, 5.41) is 4.29. The number of benzene rings is 10. The SMILES string of the molecule is [2H]c1c([2H])c2c(c([2H])c1-c1cccc(-c3c([2H])c([2H])c4c(c3[2H])C(C([2H])([2H])[2H])(C([2H])([2H])[2H])C([2H])([2H])C([2H])([2H])C4(C([2H])([2H])[2H])C([2H])([2H])[2H])c1-[n+]1[c-]n(-c3cccc(Oc4ccc5c6ccccc6n(-c6cc(C(C)(C)C)ccn6)c5c4)c3)c3ccc([Si](c4ccccc4)(c4ccccc4)c4ccccc4)cc31)C(C([2H])([2H])[2H])(C([2H])([2H])[2H])C([2H])([2H])C([2H])([2H])C2(C([2H])([2H])[2H])C([2H])([2H])[2H]. The second-order valence-electron chi connectivity index (χ2n) is 24.3. The van der Waals surface area contributed by atoms with Crippen molar-refractivity contribution < 1.29 is 61.4 Å². The van der Waals surface area contributed by atoms with E-state index in [1.807, 2.05) is 89.5 Å². The first-order chi connectivity index (χ1) is 59.8. The first kappa shape index (κ1) is 30.4. The number of nitrogens with zero attached hydrogens (tertiary/aromatic N) is 4. The van der Waals surface area contributed by atoms with E-state index in [2.05, 4.69) is 27.1 Å². The largest absolute Gasteiger partial charge is 0.458 e. The van der Waals surface area contributed by atoms with E-state index in [9.17, 15) is 35.6 Å². The zero-order valence-corrected chi connectivity index (χ0v) is 50.9. The Labute approximate surface area is 598 Å². The van der Waals surface area contributed by atoms with Gasteiger partial charge in [0.05, 0.1) is 41.7 Å². The molecule has 0 N–H and O–H groups in total. The molecule has 0 saturated carbocycles. The van der Waals surface area contributed by atoms with Crippen molar-refractivity contribution in [2.24, 2.45) is 0 Å². The number of pyridine rings is 1. The molecule has 5 nitrogen and oxygen atoms in total. The number of fused-ring (bicyclic) bond motifs is 6. The van der Waals surface area contributed by atoms with Crippen molar-refractivity contribution in [1.29, 1.82) is 0 Å². The second-order valence-corrected chi connectivity index (χ2v) is 28.1. The van der Waals surface area contributed by atoms with Gasteiger partial charge in [0.25, 0.3) is 6.33 Å². The Morgan fingerprint density at radius 2 is 1.03 bits per heavy atom. The fourth-order valence-electron chi connectivity index (χ4n) is 12.9. The highest BCUT2D eigenvalue weighted by molar-refractivity contribution is 7.20. The van der Waals surface area contributed by atoms with Crippen LogP contribution in [0.2, 0.25) is 0 Å². The molecule has 0 fully saturated rings. The van der Waals surface area contributed by atoms with Gasteiger partial charge in [-0.2, -0.15) is 0 Å². The molecule has 3 heterocycles. The Hall–Kier alpha value is -9.36. The Kier molecular flexibility index (Phi) is 7.24. The van der Waals surface area contributed by atoms with Crippen molar-refractivity contribution in [3.05, 3.63) is 283 Å². The van der Waals surface area contributed by atoms with Crippen LogP contribution in [0.15, 0.2) is 249 Å². The van der Waals surface area contributed by atoms with E-state index in [4.69, 9.17) is 26.2 Å². The summed E-state index contributed by atoms with van der Waals surface area (Å²) in [5.41, 5.74) is -29.8. The predicted octanol–water partition coefficient (Wildman–Crippen LogP) is 18.7. The van der Waals surface area contributed by atoms with Crippen molar-refractivity contribution in [2.75, 3.05) is 0 Å². The molecule has 13 aromatic rings. The number of ether oxygens (including phenoxy) is 1. The fourth-order valence-corrected chi connectivity index (χ4v) is 17.6. The van der Waals surface area contributed by atoms with Gasteiger partial charge in [0, 0.05) is 66.9 Å². The smallest absolute Gasteiger partial charge is 0.269 e. The highest BCUT2D eigenvalue weighted by Gasteiger charge is 2.43. The van der Waals surface area contributed by atoms with Gasteiger partial charge in [-0.3, -0.25) is 13.7 Å².